The van der Waals surface area contributed by atoms with Gasteiger partial charge in [0.2, 0.25) is 0 Å². The third-order valence-electron chi connectivity index (χ3n) is 4.03. The summed E-state index contributed by atoms with van der Waals surface area (Å²) in [6.07, 6.45) is 0. The summed E-state index contributed by atoms with van der Waals surface area (Å²) in [5, 5.41) is 10.4. The van der Waals surface area contributed by atoms with Crippen LogP contribution in [0.25, 0.3) is 0 Å². The molecule has 0 atom stereocenters. The highest BCUT2D eigenvalue weighted by molar-refractivity contribution is 6.31. The molecule has 0 aliphatic carbocycles. The number of nitrogens with two attached hydrogens (primary N) is 1. The van der Waals surface area contributed by atoms with Crippen molar-refractivity contribution in [3.8, 4) is 5.75 Å². The lowest BCUT2D eigenvalue weighted by Crippen LogP contribution is -2.48. The number of hydrogen-bond donors (Lipinski definition) is 2. The molecule has 0 bridgehead atoms. The fourth-order valence-corrected chi connectivity index (χ4v) is 2.96. The van der Waals surface area contributed by atoms with Crippen LogP contribution in [0, 0.1) is 0 Å². The Bertz CT molecular complexity index is 728. The van der Waals surface area contributed by atoms with E-state index in [9.17, 15) is 9.90 Å². The van der Waals surface area contributed by atoms with E-state index in [4.69, 9.17) is 17.3 Å². The number of piperazine rings is 1. The Balaban J connectivity index is 1.69. The molecule has 3 rings (SSSR count). The van der Waals surface area contributed by atoms with Crippen molar-refractivity contribution in [2.24, 2.45) is 0 Å². The number of hydrogen-bond acceptors (Lipinski definition) is 4. The molecule has 0 spiro atoms. The van der Waals surface area contributed by atoms with E-state index < -0.39 is 0 Å². The number of rotatable bonds is 2. The number of halogens is 1. The SMILES string of the molecule is Nc1cc(Cl)ccc1C(=O)N1CCN(c2ccccc2O)CC1. The van der Waals surface area contributed by atoms with E-state index in [0.29, 0.717) is 42.5 Å². The van der Waals surface area contributed by atoms with Crippen molar-refractivity contribution in [1.29, 1.82) is 0 Å². The smallest absolute Gasteiger partial charge is 0.256 e. The number of anilines is 2. The first-order chi connectivity index (χ1) is 11.1. The lowest BCUT2D eigenvalue weighted by molar-refractivity contribution is 0.0748. The highest BCUT2D eigenvalue weighted by atomic mass is 35.5. The maximum absolute atomic E-state index is 12.6. The zero-order valence-electron chi connectivity index (χ0n) is 12.6. The zero-order chi connectivity index (χ0) is 16.4. The van der Waals surface area contributed by atoms with Crippen LogP contribution in [0.1, 0.15) is 10.4 Å². The molecule has 0 aromatic heterocycles. The second-order valence-electron chi connectivity index (χ2n) is 5.50. The number of aromatic hydroxyl groups is 1. The third-order valence-corrected chi connectivity index (χ3v) is 4.27. The largest absolute Gasteiger partial charge is 0.506 e. The molecule has 3 N–H and O–H groups in total. The van der Waals surface area contributed by atoms with Crippen LogP contribution < -0.4 is 10.6 Å². The molecule has 0 saturated carbocycles. The zero-order valence-corrected chi connectivity index (χ0v) is 13.3. The topological polar surface area (TPSA) is 69.8 Å². The second-order valence-corrected chi connectivity index (χ2v) is 5.94. The van der Waals surface area contributed by atoms with E-state index in [0.717, 1.165) is 5.69 Å². The van der Waals surface area contributed by atoms with Crippen molar-refractivity contribution in [3.63, 3.8) is 0 Å². The fraction of sp³-hybridized carbons (Fsp3) is 0.235. The average Bonchev–Trinajstić information content (AvgIpc) is 2.55. The molecule has 2 aromatic carbocycles. The highest BCUT2D eigenvalue weighted by Gasteiger charge is 2.24. The number of carbonyl (C=O) groups excluding carboxylic acids is 1. The van der Waals surface area contributed by atoms with Gasteiger partial charge in [-0.25, -0.2) is 0 Å². The Morgan fingerprint density at radius 1 is 1.09 bits per heavy atom. The first-order valence-electron chi connectivity index (χ1n) is 7.43. The van der Waals surface area contributed by atoms with E-state index in [1.807, 2.05) is 12.1 Å². The van der Waals surface area contributed by atoms with Crippen LogP contribution in [0.15, 0.2) is 42.5 Å². The van der Waals surface area contributed by atoms with Crippen molar-refractivity contribution in [3.05, 3.63) is 53.1 Å². The minimum Gasteiger partial charge on any atom is -0.506 e. The Morgan fingerprint density at radius 3 is 2.43 bits per heavy atom. The maximum Gasteiger partial charge on any atom is 0.256 e. The van der Waals surface area contributed by atoms with E-state index >= 15 is 0 Å². The van der Waals surface area contributed by atoms with Gasteiger partial charge in [0.05, 0.1) is 11.3 Å². The predicted octanol–water partition coefficient (Wildman–Crippen LogP) is 2.59. The molecule has 0 unspecified atom stereocenters. The second kappa shape index (κ2) is 6.38. The molecule has 2 aromatic rings. The van der Waals surface area contributed by atoms with E-state index in [-0.39, 0.29) is 11.7 Å². The molecule has 1 fully saturated rings. The summed E-state index contributed by atoms with van der Waals surface area (Å²) >= 11 is 5.87. The van der Waals surface area contributed by atoms with Crippen molar-refractivity contribution in [2.45, 2.75) is 0 Å². The Labute approximate surface area is 139 Å². The number of para-hydroxylation sites is 2. The molecule has 1 aliphatic rings. The summed E-state index contributed by atoms with van der Waals surface area (Å²) in [6.45, 7) is 2.48. The van der Waals surface area contributed by atoms with Crippen LogP contribution in [0.5, 0.6) is 5.75 Å². The number of nitrogens with zero attached hydrogens (tertiary/aromatic N) is 2. The van der Waals surface area contributed by atoms with Crippen LogP contribution in [0.3, 0.4) is 0 Å². The minimum absolute atomic E-state index is 0.0869. The first-order valence-corrected chi connectivity index (χ1v) is 7.81. The quantitative estimate of drug-likeness (QED) is 0.830. The van der Waals surface area contributed by atoms with Crippen molar-refractivity contribution in [2.75, 3.05) is 36.8 Å². The molecule has 5 nitrogen and oxygen atoms in total. The van der Waals surface area contributed by atoms with Gasteiger partial charge < -0.3 is 20.6 Å². The molecule has 1 aliphatic heterocycles. The van der Waals surface area contributed by atoms with Gasteiger partial charge in [-0.2, -0.15) is 0 Å². The molecule has 1 saturated heterocycles. The molecule has 120 valence electrons. The van der Waals surface area contributed by atoms with E-state index in [2.05, 4.69) is 4.90 Å². The van der Waals surface area contributed by atoms with Crippen LogP contribution in [-0.4, -0.2) is 42.1 Å². The monoisotopic (exact) mass is 331 g/mol. The summed E-state index contributed by atoms with van der Waals surface area (Å²) in [5.41, 5.74) is 7.56. The van der Waals surface area contributed by atoms with Crippen LogP contribution >= 0.6 is 11.6 Å². The summed E-state index contributed by atoms with van der Waals surface area (Å²) < 4.78 is 0. The molecule has 1 heterocycles. The Kier molecular flexibility index (Phi) is 4.30. The molecular formula is C17H18ClN3O2. The highest BCUT2D eigenvalue weighted by Crippen LogP contribution is 2.27. The van der Waals surface area contributed by atoms with Crippen LogP contribution in [-0.2, 0) is 0 Å². The molecule has 6 heteroatoms. The minimum atomic E-state index is -0.0869. The van der Waals surface area contributed by atoms with Gasteiger partial charge in [0, 0.05) is 36.9 Å². The maximum atomic E-state index is 12.6. The summed E-state index contributed by atoms with van der Waals surface area (Å²) in [7, 11) is 0. The van der Waals surface area contributed by atoms with Gasteiger partial charge in [-0.15, -0.1) is 0 Å². The Hall–Kier alpha value is -2.40. The summed E-state index contributed by atoms with van der Waals surface area (Å²) in [6, 6.07) is 12.2. The number of phenols is 1. The van der Waals surface area contributed by atoms with Gasteiger partial charge in [0.1, 0.15) is 5.75 Å². The molecule has 1 amide bonds. The van der Waals surface area contributed by atoms with Gasteiger partial charge in [-0.05, 0) is 30.3 Å². The van der Waals surface area contributed by atoms with Gasteiger partial charge in [0.25, 0.3) is 5.91 Å². The number of amides is 1. The van der Waals surface area contributed by atoms with Crippen molar-refractivity contribution >= 4 is 28.9 Å². The molecular weight excluding hydrogens is 314 g/mol. The predicted molar refractivity (Wildman–Crippen MR) is 92.1 cm³/mol. The van der Waals surface area contributed by atoms with E-state index in [1.165, 1.54) is 0 Å². The number of nitrogen functional groups attached to an aromatic ring is 1. The summed E-state index contributed by atoms with van der Waals surface area (Å²) in [4.78, 5) is 16.4. The fourth-order valence-electron chi connectivity index (χ4n) is 2.78. The van der Waals surface area contributed by atoms with Crippen LogP contribution in [0.2, 0.25) is 5.02 Å². The Morgan fingerprint density at radius 2 is 1.78 bits per heavy atom. The standard InChI is InChI=1S/C17H18ClN3O2/c18-12-5-6-13(14(19)11-12)17(23)21-9-7-20(8-10-21)15-3-1-2-4-16(15)22/h1-6,11,22H,7-10,19H2. The van der Waals surface area contributed by atoms with Crippen molar-refractivity contribution in [1.82, 2.24) is 4.90 Å². The average molecular weight is 332 g/mol. The van der Waals surface area contributed by atoms with Gasteiger partial charge in [-0.1, -0.05) is 23.7 Å². The number of benzene rings is 2. The number of carbonyl (C=O) groups is 1. The van der Waals surface area contributed by atoms with Gasteiger partial charge in [0.15, 0.2) is 0 Å². The molecule has 23 heavy (non-hydrogen) atoms. The van der Waals surface area contributed by atoms with Crippen molar-refractivity contribution < 1.29 is 9.90 Å². The normalized spacial score (nSPS) is 14.8. The lowest BCUT2D eigenvalue weighted by Gasteiger charge is -2.36. The van der Waals surface area contributed by atoms with Crippen LogP contribution in [0.4, 0.5) is 11.4 Å². The third kappa shape index (κ3) is 3.19. The van der Waals surface area contributed by atoms with E-state index in [1.54, 1.807) is 35.2 Å². The summed E-state index contributed by atoms with van der Waals surface area (Å²) in [5.74, 6) is 0.172. The molecule has 0 radical (unpaired) electrons. The van der Waals surface area contributed by atoms with Gasteiger partial charge >= 0.3 is 0 Å². The first kappa shape index (κ1) is 15.5. The number of phenolic OH excluding ortho intramolecular Hbond substituents is 1. The lowest BCUT2D eigenvalue weighted by atomic mass is 10.1. The van der Waals surface area contributed by atoms with Gasteiger partial charge in [-0.3, -0.25) is 4.79 Å².